The second-order valence-corrected chi connectivity index (χ2v) is 5.54. The van der Waals surface area contributed by atoms with Crippen molar-refractivity contribution in [1.82, 2.24) is 0 Å². The van der Waals surface area contributed by atoms with Crippen molar-refractivity contribution >= 4 is 11.6 Å². The minimum Gasteiger partial charge on any atom is -0.385 e. The molecule has 1 atom stereocenters. The van der Waals surface area contributed by atoms with Gasteiger partial charge in [0.25, 0.3) is 0 Å². The lowest BCUT2D eigenvalue weighted by atomic mass is 9.91. The molecule has 100 valence electrons. The van der Waals surface area contributed by atoms with E-state index in [1.165, 1.54) is 11.1 Å². The number of hydrogen-bond donors (Lipinski definition) is 1. The van der Waals surface area contributed by atoms with Gasteiger partial charge in [0.05, 0.1) is 5.60 Å². The van der Waals surface area contributed by atoms with Gasteiger partial charge in [-0.25, -0.2) is 0 Å². The quantitative estimate of drug-likeness (QED) is 0.814. The lowest BCUT2D eigenvalue weighted by Gasteiger charge is -2.23. The highest BCUT2D eigenvalue weighted by Crippen LogP contribution is 2.28. The summed E-state index contributed by atoms with van der Waals surface area (Å²) >= 11 is 5.72. The van der Waals surface area contributed by atoms with E-state index < -0.39 is 5.60 Å². The number of halogens is 1. The zero-order valence-electron chi connectivity index (χ0n) is 11.4. The minimum atomic E-state index is -0.854. The Morgan fingerprint density at radius 2 is 1.74 bits per heavy atom. The van der Waals surface area contributed by atoms with Crippen LogP contribution in [0.25, 0.3) is 11.1 Å². The van der Waals surface area contributed by atoms with Crippen LogP contribution in [-0.2, 0) is 5.60 Å². The highest BCUT2D eigenvalue weighted by atomic mass is 35.5. The third kappa shape index (κ3) is 3.37. The van der Waals surface area contributed by atoms with Crippen molar-refractivity contribution in [3.05, 3.63) is 59.7 Å². The van der Waals surface area contributed by atoms with Crippen LogP contribution in [0.4, 0.5) is 0 Å². The standard InChI is InChI=1S/C17H19ClO/c1-13-4-3-5-15(12-13)14-6-8-16(9-7-14)17(2,19)10-11-18/h3-9,12,19H,10-11H2,1-2H3. The van der Waals surface area contributed by atoms with E-state index in [-0.39, 0.29) is 0 Å². The van der Waals surface area contributed by atoms with Gasteiger partial charge in [-0.15, -0.1) is 11.6 Å². The molecule has 0 saturated heterocycles. The number of hydrogen-bond acceptors (Lipinski definition) is 1. The highest BCUT2D eigenvalue weighted by molar-refractivity contribution is 6.17. The van der Waals surface area contributed by atoms with E-state index in [1.807, 2.05) is 24.3 Å². The smallest absolute Gasteiger partial charge is 0.0879 e. The second-order valence-electron chi connectivity index (χ2n) is 5.16. The summed E-state index contributed by atoms with van der Waals surface area (Å²) in [5, 5.41) is 10.3. The van der Waals surface area contributed by atoms with Crippen molar-refractivity contribution in [3.8, 4) is 11.1 Å². The Hall–Kier alpha value is -1.31. The molecule has 19 heavy (non-hydrogen) atoms. The Morgan fingerprint density at radius 1 is 1.05 bits per heavy atom. The van der Waals surface area contributed by atoms with Gasteiger partial charge in [-0.2, -0.15) is 0 Å². The average Bonchev–Trinajstić information content (AvgIpc) is 2.39. The van der Waals surface area contributed by atoms with Gasteiger partial charge in [0.15, 0.2) is 0 Å². The van der Waals surface area contributed by atoms with Crippen molar-refractivity contribution in [1.29, 1.82) is 0 Å². The SMILES string of the molecule is Cc1cccc(-c2ccc(C(C)(O)CCCl)cc2)c1. The van der Waals surface area contributed by atoms with Crippen LogP contribution in [0.1, 0.15) is 24.5 Å². The van der Waals surface area contributed by atoms with Gasteiger partial charge < -0.3 is 5.11 Å². The first-order valence-corrected chi connectivity index (χ1v) is 7.02. The summed E-state index contributed by atoms with van der Waals surface area (Å²) in [4.78, 5) is 0. The predicted octanol–water partition coefficient (Wildman–Crippen LogP) is 4.50. The van der Waals surface area contributed by atoms with E-state index in [0.717, 1.165) is 11.1 Å². The van der Waals surface area contributed by atoms with Crippen molar-refractivity contribution < 1.29 is 5.11 Å². The van der Waals surface area contributed by atoms with Crippen molar-refractivity contribution in [2.45, 2.75) is 25.9 Å². The van der Waals surface area contributed by atoms with Crippen LogP contribution in [0.5, 0.6) is 0 Å². The molecule has 0 amide bonds. The lowest BCUT2D eigenvalue weighted by molar-refractivity contribution is 0.0540. The van der Waals surface area contributed by atoms with Crippen LogP contribution in [0.3, 0.4) is 0 Å². The molecule has 1 N–H and O–H groups in total. The van der Waals surface area contributed by atoms with Gasteiger partial charge in [0.2, 0.25) is 0 Å². The molecule has 0 saturated carbocycles. The molecule has 0 heterocycles. The molecule has 0 aliphatic heterocycles. The molecule has 2 rings (SSSR count). The van der Waals surface area contributed by atoms with Gasteiger partial charge >= 0.3 is 0 Å². The summed E-state index contributed by atoms with van der Waals surface area (Å²) in [5.41, 5.74) is 3.66. The molecule has 0 aromatic heterocycles. The fraction of sp³-hybridized carbons (Fsp3) is 0.294. The molecular weight excluding hydrogens is 256 g/mol. The monoisotopic (exact) mass is 274 g/mol. The lowest BCUT2D eigenvalue weighted by Crippen LogP contribution is -2.21. The largest absolute Gasteiger partial charge is 0.385 e. The molecule has 0 aliphatic carbocycles. The fourth-order valence-corrected chi connectivity index (χ4v) is 2.54. The van der Waals surface area contributed by atoms with Crippen LogP contribution in [0, 0.1) is 6.92 Å². The first kappa shape index (κ1) is 14.1. The summed E-state index contributed by atoms with van der Waals surface area (Å²) < 4.78 is 0. The third-order valence-corrected chi connectivity index (χ3v) is 3.63. The van der Waals surface area contributed by atoms with Crippen LogP contribution in [0.15, 0.2) is 48.5 Å². The summed E-state index contributed by atoms with van der Waals surface area (Å²) in [6, 6.07) is 16.4. The Morgan fingerprint density at radius 3 is 2.32 bits per heavy atom. The minimum absolute atomic E-state index is 0.451. The molecule has 2 aromatic carbocycles. The summed E-state index contributed by atoms with van der Waals surface area (Å²) in [5.74, 6) is 0.451. The van der Waals surface area contributed by atoms with Crippen molar-refractivity contribution in [2.75, 3.05) is 5.88 Å². The van der Waals surface area contributed by atoms with Gasteiger partial charge in [-0.05, 0) is 37.0 Å². The Balaban J connectivity index is 2.28. The summed E-state index contributed by atoms with van der Waals surface area (Å²) in [6.45, 7) is 3.89. The highest BCUT2D eigenvalue weighted by Gasteiger charge is 2.21. The van der Waals surface area contributed by atoms with Gasteiger partial charge in [-0.3, -0.25) is 0 Å². The first-order valence-electron chi connectivity index (χ1n) is 6.49. The zero-order valence-corrected chi connectivity index (χ0v) is 12.1. The van der Waals surface area contributed by atoms with Crippen molar-refractivity contribution in [3.63, 3.8) is 0 Å². The molecule has 0 spiro atoms. The average molecular weight is 275 g/mol. The maximum Gasteiger partial charge on any atom is 0.0879 e. The van der Waals surface area contributed by atoms with E-state index in [0.29, 0.717) is 12.3 Å². The fourth-order valence-electron chi connectivity index (χ4n) is 2.17. The maximum absolute atomic E-state index is 10.3. The normalized spacial score (nSPS) is 14.1. The second kappa shape index (κ2) is 5.77. The van der Waals surface area contributed by atoms with Crippen LogP contribution in [0.2, 0.25) is 0 Å². The van der Waals surface area contributed by atoms with E-state index >= 15 is 0 Å². The van der Waals surface area contributed by atoms with Gasteiger partial charge in [-0.1, -0.05) is 54.1 Å². The van der Waals surface area contributed by atoms with Crippen LogP contribution in [-0.4, -0.2) is 11.0 Å². The molecule has 1 unspecified atom stereocenters. The summed E-state index contributed by atoms with van der Waals surface area (Å²) in [7, 11) is 0. The van der Waals surface area contributed by atoms with Crippen LogP contribution < -0.4 is 0 Å². The number of alkyl halides is 1. The maximum atomic E-state index is 10.3. The predicted molar refractivity (Wildman–Crippen MR) is 81.5 cm³/mol. The molecule has 2 aromatic rings. The van der Waals surface area contributed by atoms with Gasteiger partial charge in [0.1, 0.15) is 0 Å². The van der Waals surface area contributed by atoms with E-state index in [9.17, 15) is 5.11 Å². The molecule has 0 aliphatic rings. The van der Waals surface area contributed by atoms with Crippen molar-refractivity contribution in [2.24, 2.45) is 0 Å². The number of aryl methyl sites for hydroxylation is 1. The number of rotatable bonds is 4. The van der Waals surface area contributed by atoms with E-state index in [4.69, 9.17) is 11.6 Å². The Kier molecular flexibility index (Phi) is 4.28. The third-order valence-electron chi connectivity index (χ3n) is 3.44. The van der Waals surface area contributed by atoms with E-state index in [2.05, 4.69) is 31.2 Å². The van der Waals surface area contributed by atoms with Gasteiger partial charge in [0, 0.05) is 5.88 Å². The molecule has 1 nitrogen and oxygen atoms in total. The van der Waals surface area contributed by atoms with Crippen LogP contribution >= 0.6 is 11.6 Å². The zero-order chi connectivity index (χ0) is 13.9. The molecule has 0 radical (unpaired) electrons. The molecule has 0 bridgehead atoms. The summed E-state index contributed by atoms with van der Waals surface area (Å²) in [6.07, 6.45) is 0.554. The number of aliphatic hydroxyl groups is 1. The molecular formula is C17H19ClO. The molecule has 0 fully saturated rings. The Bertz CT molecular complexity index is 543. The topological polar surface area (TPSA) is 20.2 Å². The molecule has 2 heteroatoms. The van der Waals surface area contributed by atoms with E-state index in [1.54, 1.807) is 6.92 Å². The first-order chi connectivity index (χ1) is 9.03. The number of benzene rings is 2. The Labute approximate surface area is 119 Å².